The Morgan fingerprint density at radius 3 is 1.11 bits per heavy atom. The first-order chi connectivity index (χ1) is 22.8. The molecule has 0 aliphatic heterocycles. The lowest BCUT2D eigenvalue weighted by Gasteiger charge is -2.30. The lowest BCUT2D eigenvalue weighted by Crippen LogP contribution is -2.14. The van der Waals surface area contributed by atoms with E-state index >= 15 is 0 Å². The number of anilines is 6. The van der Waals surface area contributed by atoms with Crippen LogP contribution in [0.1, 0.15) is 15.9 Å². The average molecular weight is 593 g/mol. The number of hydrogen-bond acceptors (Lipinski definition) is 3. The Labute approximate surface area is 270 Å². The number of carbonyl (C=O) groups is 1. The summed E-state index contributed by atoms with van der Waals surface area (Å²) in [6, 6.07) is 65.6. The van der Waals surface area contributed by atoms with Gasteiger partial charge in [-0.15, -0.1) is 0 Å². The summed E-state index contributed by atoms with van der Waals surface area (Å²) in [5, 5.41) is 0. The van der Waals surface area contributed by atoms with Gasteiger partial charge in [0, 0.05) is 45.3 Å². The van der Waals surface area contributed by atoms with Gasteiger partial charge in [-0.3, -0.25) is 4.79 Å². The summed E-state index contributed by atoms with van der Waals surface area (Å²) in [4.78, 5) is 18.5. The van der Waals surface area contributed by atoms with Gasteiger partial charge in [0.2, 0.25) is 0 Å². The van der Waals surface area contributed by atoms with Crippen molar-refractivity contribution in [2.24, 2.45) is 0 Å². The Morgan fingerprint density at radius 2 is 0.696 bits per heavy atom. The summed E-state index contributed by atoms with van der Waals surface area (Å²) in [5.41, 5.74) is 9.25. The molecule has 0 spiro atoms. The Kier molecular flexibility index (Phi) is 8.20. The van der Waals surface area contributed by atoms with Gasteiger partial charge in [0.15, 0.2) is 5.78 Å². The molecule has 0 amide bonds. The highest BCUT2D eigenvalue weighted by atomic mass is 16.1. The Hall–Kier alpha value is -6.19. The van der Waals surface area contributed by atoms with Gasteiger partial charge in [0.1, 0.15) is 0 Å². The number of nitrogens with zero attached hydrogens (tertiary/aromatic N) is 2. The van der Waals surface area contributed by atoms with Crippen molar-refractivity contribution in [2.45, 2.75) is 0 Å². The standard InChI is InChI=1S/C43H32N2O/c46-43(33-18-6-1-7-19-33)42-29-17-16-28-41(42)34-30-39(44(35-20-8-2-9-21-35)36-22-10-3-11-23-36)32-40(31-34)45(37-24-12-4-13-25-37)38-26-14-5-15-27-38/h1-32H. The van der Waals surface area contributed by atoms with E-state index in [1.54, 1.807) is 0 Å². The van der Waals surface area contributed by atoms with Gasteiger partial charge < -0.3 is 9.80 Å². The summed E-state index contributed by atoms with van der Waals surface area (Å²) in [6.07, 6.45) is 0. The number of hydrogen-bond donors (Lipinski definition) is 0. The zero-order chi connectivity index (χ0) is 31.1. The zero-order valence-electron chi connectivity index (χ0n) is 25.3. The number of para-hydroxylation sites is 4. The summed E-state index contributed by atoms with van der Waals surface area (Å²) in [6.45, 7) is 0. The first-order valence-electron chi connectivity index (χ1n) is 15.4. The quantitative estimate of drug-likeness (QED) is 0.156. The highest BCUT2D eigenvalue weighted by Gasteiger charge is 2.21. The van der Waals surface area contributed by atoms with E-state index in [1.807, 2.05) is 78.9 Å². The van der Waals surface area contributed by atoms with Crippen LogP contribution in [0.5, 0.6) is 0 Å². The third-order valence-corrected chi connectivity index (χ3v) is 8.00. The van der Waals surface area contributed by atoms with Gasteiger partial charge in [0.25, 0.3) is 0 Å². The Bertz CT molecular complexity index is 1870. The van der Waals surface area contributed by atoms with Gasteiger partial charge in [-0.2, -0.15) is 0 Å². The van der Waals surface area contributed by atoms with E-state index < -0.39 is 0 Å². The minimum absolute atomic E-state index is 0.00546. The fraction of sp³-hybridized carbons (Fsp3) is 0. The molecule has 7 aromatic carbocycles. The summed E-state index contributed by atoms with van der Waals surface area (Å²) in [5.74, 6) is -0.00546. The molecule has 220 valence electrons. The normalized spacial score (nSPS) is 10.7. The highest BCUT2D eigenvalue weighted by Crippen LogP contribution is 2.43. The van der Waals surface area contributed by atoms with E-state index in [0.29, 0.717) is 11.1 Å². The molecule has 0 fully saturated rings. The largest absolute Gasteiger partial charge is 0.310 e. The van der Waals surface area contributed by atoms with E-state index in [4.69, 9.17) is 0 Å². The van der Waals surface area contributed by atoms with Crippen LogP contribution in [0.25, 0.3) is 11.1 Å². The first kappa shape index (κ1) is 28.6. The topological polar surface area (TPSA) is 23.6 Å². The SMILES string of the molecule is O=C(c1ccccc1)c1ccccc1-c1cc(N(c2ccccc2)c2ccccc2)cc(N(c2ccccc2)c2ccccc2)c1. The van der Waals surface area contributed by atoms with Crippen molar-refractivity contribution < 1.29 is 4.79 Å². The molecule has 46 heavy (non-hydrogen) atoms. The molecular formula is C43H32N2O. The summed E-state index contributed by atoms with van der Waals surface area (Å²) in [7, 11) is 0. The molecule has 0 saturated heterocycles. The van der Waals surface area contributed by atoms with Crippen molar-refractivity contribution in [2.75, 3.05) is 9.80 Å². The molecule has 3 nitrogen and oxygen atoms in total. The average Bonchev–Trinajstić information content (AvgIpc) is 3.14. The van der Waals surface area contributed by atoms with E-state index in [1.165, 1.54) is 0 Å². The molecule has 0 unspecified atom stereocenters. The van der Waals surface area contributed by atoms with Crippen LogP contribution in [0.4, 0.5) is 34.1 Å². The molecule has 7 aromatic rings. The fourth-order valence-corrected chi connectivity index (χ4v) is 5.89. The minimum atomic E-state index is -0.00546. The van der Waals surface area contributed by atoms with E-state index in [2.05, 4.69) is 125 Å². The molecule has 0 saturated carbocycles. The Balaban J connectivity index is 1.50. The lowest BCUT2D eigenvalue weighted by molar-refractivity contribution is 0.103. The zero-order valence-corrected chi connectivity index (χ0v) is 25.3. The number of benzene rings is 7. The molecule has 0 aromatic heterocycles. The second-order valence-electron chi connectivity index (χ2n) is 11.0. The monoisotopic (exact) mass is 592 g/mol. The van der Waals surface area contributed by atoms with Crippen LogP contribution in [0.2, 0.25) is 0 Å². The maximum absolute atomic E-state index is 13.9. The minimum Gasteiger partial charge on any atom is -0.310 e. The molecule has 3 heteroatoms. The molecule has 0 aliphatic carbocycles. The number of carbonyl (C=O) groups excluding carboxylic acids is 1. The van der Waals surface area contributed by atoms with Crippen LogP contribution < -0.4 is 9.80 Å². The van der Waals surface area contributed by atoms with Crippen molar-refractivity contribution in [1.82, 2.24) is 0 Å². The van der Waals surface area contributed by atoms with Gasteiger partial charge in [-0.1, -0.05) is 127 Å². The van der Waals surface area contributed by atoms with Gasteiger partial charge in [-0.25, -0.2) is 0 Å². The fourth-order valence-electron chi connectivity index (χ4n) is 5.89. The number of rotatable bonds is 9. The van der Waals surface area contributed by atoms with Crippen LogP contribution in [0.3, 0.4) is 0 Å². The van der Waals surface area contributed by atoms with Crippen molar-refractivity contribution in [3.05, 3.63) is 205 Å². The molecule has 0 N–H and O–H groups in total. The van der Waals surface area contributed by atoms with E-state index in [0.717, 1.165) is 45.3 Å². The van der Waals surface area contributed by atoms with Crippen LogP contribution in [-0.4, -0.2) is 5.78 Å². The lowest BCUT2D eigenvalue weighted by atomic mass is 9.93. The van der Waals surface area contributed by atoms with Crippen LogP contribution in [0, 0.1) is 0 Å². The molecule has 0 heterocycles. The first-order valence-corrected chi connectivity index (χ1v) is 15.4. The number of ketones is 1. The van der Waals surface area contributed by atoms with Crippen LogP contribution >= 0.6 is 0 Å². The second kappa shape index (κ2) is 13.2. The third-order valence-electron chi connectivity index (χ3n) is 8.00. The maximum atomic E-state index is 13.9. The summed E-state index contributed by atoms with van der Waals surface area (Å²) >= 11 is 0. The predicted molar refractivity (Wildman–Crippen MR) is 191 cm³/mol. The van der Waals surface area contributed by atoms with Crippen LogP contribution in [0.15, 0.2) is 194 Å². The van der Waals surface area contributed by atoms with Gasteiger partial charge in [0.05, 0.1) is 0 Å². The van der Waals surface area contributed by atoms with Crippen molar-refractivity contribution >= 4 is 39.9 Å². The molecule has 0 atom stereocenters. The third kappa shape index (κ3) is 5.95. The molecule has 0 bridgehead atoms. The van der Waals surface area contributed by atoms with Crippen LogP contribution in [-0.2, 0) is 0 Å². The van der Waals surface area contributed by atoms with Crippen molar-refractivity contribution in [3.63, 3.8) is 0 Å². The molecular weight excluding hydrogens is 560 g/mol. The second-order valence-corrected chi connectivity index (χ2v) is 11.0. The molecule has 7 rings (SSSR count). The van der Waals surface area contributed by atoms with Gasteiger partial charge >= 0.3 is 0 Å². The molecule has 0 radical (unpaired) electrons. The van der Waals surface area contributed by atoms with E-state index in [-0.39, 0.29) is 5.78 Å². The highest BCUT2D eigenvalue weighted by molar-refractivity contribution is 6.13. The summed E-state index contributed by atoms with van der Waals surface area (Å²) < 4.78 is 0. The van der Waals surface area contributed by atoms with Gasteiger partial charge in [-0.05, 0) is 77.9 Å². The molecule has 0 aliphatic rings. The maximum Gasteiger partial charge on any atom is 0.193 e. The van der Waals surface area contributed by atoms with Crippen molar-refractivity contribution in [3.8, 4) is 11.1 Å². The Morgan fingerprint density at radius 1 is 0.348 bits per heavy atom. The smallest absolute Gasteiger partial charge is 0.193 e. The predicted octanol–water partition coefficient (Wildman–Crippen LogP) is 11.5. The van der Waals surface area contributed by atoms with Crippen molar-refractivity contribution in [1.29, 1.82) is 0 Å². The van der Waals surface area contributed by atoms with E-state index in [9.17, 15) is 4.79 Å².